The Bertz CT molecular complexity index is 1240. The molecule has 0 radical (unpaired) electrons. The summed E-state index contributed by atoms with van der Waals surface area (Å²) in [4.78, 5) is 13.3. The van der Waals surface area contributed by atoms with Gasteiger partial charge in [-0.15, -0.1) is 0 Å². The highest BCUT2D eigenvalue weighted by atomic mass is 32.2. The lowest BCUT2D eigenvalue weighted by atomic mass is 9.95. The molecule has 3 aromatic carbocycles. The van der Waals surface area contributed by atoms with Crippen molar-refractivity contribution in [2.24, 2.45) is 0 Å². The number of nitrogens with zero attached hydrogens (tertiary/aromatic N) is 1. The van der Waals surface area contributed by atoms with E-state index >= 15 is 0 Å². The van der Waals surface area contributed by atoms with Gasteiger partial charge in [-0.3, -0.25) is 4.79 Å². The number of nitrogens with one attached hydrogen (secondary N) is 1. The second kappa shape index (κ2) is 8.24. The highest BCUT2D eigenvalue weighted by Gasteiger charge is 2.39. The number of anilines is 1. The minimum absolute atomic E-state index is 0.0900. The van der Waals surface area contributed by atoms with Crippen molar-refractivity contribution in [3.63, 3.8) is 0 Å². The van der Waals surface area contributed by atoms with Gasteiger partial charge < -0.3 is 5.32 Å². The number of carbonyl (C=O) groups is 1. The predicted octanol–water partition coefficient (Wildman–Crippen LogP) is 4.20. The van der Waals surface area contributed by atoms with Crippen LogP contribution in [0.15, 0.2) is 71.6 Å². The molecule has 0 saturated carbocycles. The fourth-order valence-corrected chi connectivity index (χ4v) is 5.28. The van der Waals surface area contributed by atoms with Crippen LogP contribution in [0.3, 0.4) is 0 Å². The average Bonchev–Trinajstić information content (AvgIpc) is 2.75. The molecule has 160 valence electrons. The molecule has 0 aromatic heterocycles. The van der Waals surface area contributed by atoms with Gasteiger partial charge in [-0.25, -0.2) is 12.8 Å². The standard InChI is InChI=1S/C24H23FN2O3S/c1-16-7-11-21(12-8-16)31(29,30)27-15-19-6-4-3-5-18(19)13-23(27)24(28)26-20-10-9-17(2)22(25)14-20/h3-12,14,23H,13,15H2,1-2H3,(H,26,28)/t23-/m1/s1. The van der Waals surface area contributed by atoms with Crippen LogP contribution in [0.1, 0.15) is 22.3 Å². The first-order valence-electron chi connectivity index (χ1n) is 9.98. The van der Waals surface area contributed by atoms with E-state index in [0.717, 1.165) is 16.7 Å². The lowest BCUT2D eigenvalue weighted by molar-refractivity contribution is -0.120. The maximum atomic E-state index is 13.9. The summed E-state index contributed by atoms with van der Waals surface area (Å²) in [6, 6.07) is 17.5. The maximum absolute atomic E-state index is 13.9. The highest BCUT2D eigenvalue weighted by molar-refractivity contribution is 7.89. The van der Waals surface area contributed by atoms with Crippen LogP contribution < -0.4 is 5.32 Å². The van der Waals surface area contributed by atoms with E-state index in [9.17, 15) is 17.6 Å². The zero-order valence-electron chi connectivity index (χ0n) is 17.3. The van der Waals surface area contributed by atoms with Crippen LogP contribution in [0, 0.1) is 19.7 Å². The predicted molar refractivity (Wildman–Crippen MR) is 118 cm³/mol. The minimum Gasteiger partial charge on any atom is -0.325 e. The molecule has 1 atom stereocenters. The summed E-state index contributed by atoms with van der Waals surface area (Å²) in [5.41, 5.74) is 3.49. The van der Waals surface area contributed by atoms with Gasteiger partial charge in [0.25, 0.3) is 0 Å². The molecular formula is C24H23FN2O3S. The smallest absolute Gasteiger partial charge is 0.244 e. The van der Waals surface area contributed by atoms with Crippen molar-refractivity contribution in [3.05, 3.63) is 94.8 Å². The van der Waals surface area contributed by atoms with Crippen molar-refractivity contribution in [1.82, 2.24) is 4.31 Å². The number of hydrogen-bond acceptors (Lipinski definition) is 3. The van der Waals surface area contributed by atoms with Crippen molar-refractivity contribution >= 4 is 21.6 Å². The lowest BCUT2D eigenvalue weighted by Crippen LogP contribution is -2.50. The maximum Gasteiger partial charge on any atom is 0.244 e. The van der Waals surface area contributed by atoms with Gasteiger partial charge in [0.15, 0.2) is 0 Å². The Morgan fingerprint density at radius 1 is 1.00 bits per heavy atom. The van der Waals surface area contributed by atoms with Crippen molar-refractivity contribution in [1.29, 1.82) is 0 Å². The van der Waals surface area contributed by atoms with E-state index in [-0.39, 0.29) is 17.9 Å². The van der Waals surface area contributed by atoms with Gasteiger partial charge in [0.05, 0.1) is 4.90 Å². The first-order valence-corrected chi connectivity index (χ1v) is 11.4. The molecule has 0 aliphatic carbocycles. The fraction of sp³-hybridized carbons (Fsp3) is 0.208. The summed E-state index contributed by atoms with van der Waals surface area (Å²) in [5.74, 6) is -0.927. The van der Waals surface area contributed by atoms with E-state index < -0.39 is 27.8 Å². The molecule has 5 nitrogen and oxygen atoms in total. The number of carbonyl (C=O) groups excluding carboxylic acids is 1. The molecule has 0 unspecified atom stereocenters. The monoisotopic (exact) mass is 438 g/mol. The van der Waals surface area contributed by atoms with Gasteiger partial charge in [0, 0.05) is 12.2 Å². The third-order valence-electron chi connectivity index (χ3n) is 5.58. The normalized spacial score (nSPS) is 16.5. The number of halogens is 1. The fourth-order valence-electron chi connectivity index (χ4n) is 3.72. The van der Waals surface area contributed by atoms with Gasteiger partial charge in [-0.2, -0.15) is 4.31 Å². The Morgan fingerprint density at radius 2 is 1.68 bits per heavy atom. The molecule has 4 rings (SSSR count). The van der Waals surface area contributed by atoms with Crippen molar-refractivity contribution in [2.75, 3.05) is 5.32 Å². The SMILES string of the molecule is Cc1ccc(S(=O)(=O)N2Cc3ccccc3C[C@@H]2C(=O)Nc2ccc(C)c(F)c2)cc1. The van der Waals surface area contributed by atoms with Crippen LogP contribution in [0.2, 0.25) is 0 Å². The Morgan fingerprint density at radius 3 is 2.35 bits per heavy atom. The summed E-state index contributed by atoms with van der Waals surface area (Å²) in [5, 5.41) is 2.69. The number of amides is 1. The molecule has 1 N–H and O–H groups in total. The van der Waals surface area contributed by atoms with E-state index in [0.29, 0.717) is 11.3 Å². The molecule has 0 saturated heterocycles. The summed E-state index contributed by atoms with van der Waals surface area (Å²) >= 11 is 0. The van der Waals surface area contributed by atoms with E-state index in [4.69, 9.17) is 0 Å². The molecule has 0 fully saturated rings. The number of fused-ring (bicyclic) bond motifs is 1. The number of benzene rings is 3. The van der Waals surface area contributed by atoms with E-state index in [1.54, 1.807) is 43.3 Å². The van der Waals surface area contributed by atoms with Crippen LogP contribution in [0.4, 0.5) is 10.1 Å². The molecule has 1 aliphatic rings. The van der Waals surface area contributed by atoms with E-state index in [1.807, 2.05) is 31.2 Å². The Hall–Kier alpha value is -3.03. The number of hydrogen-bond donors (Lipinski definition) is 1. The van der Waals surface area contributed by atoms with Gasteiger partial charge >= 0.3 is 0 Å². The molecule has 1 aliphatic heterocycles. The van der Waals surface area contributed by atoms with Gasteiger partial charge in [-0.1, -0.05) is 48.0 Å². The molecule has 3 aromatic rings. The molecule has 0 bridgehead atoms. The first-order chi connectivity index (χ1) is 14.8. The Balaban J connectivity index is 1.71. The average molecular weight is 439 g/mol. The molecule has 31 heavy (non-hydrogen) atoms. The third kappa shape index (κ3) is 4.24. The zero-order valence-corrected chi connectivity index (χ0v) is 18.1. The summed E-state index contributed by atoms with van der Waals surface area (Å²) in [7, 11) is -3.92. The van der Waals surface area contributed by atoms with Crippen LogP contribution in [-0.2, 0) is 27.8 Å². The van der Waals surface area contributed by atoms with Crippen LogP contribution in [0.5, 0.6) is 0 Å². The third-order valence-corrected chi connectivity index (χ3v) is 7.44. The van der Waals surface area contributed by atoms with Crippen molar-refractivity contribution < 1.29 is 17.6 Å². The number of rotatable bonds is 4. The van der Waals surface area contributed by atoms with Crippen LogP contribution >= 0.6 is 0 Å². The molecule has 1 amide bonds. The van der Waals surface area contributed by atoms with Gasteiger partial charge in [0.2, 0.25) is 15.9 Å². The Kier molecular flexibility index (Phi) is 5.64. The topological polar surface area (TPSA) is 66.5 Å². The molecule has 1 heterocycles. The van der Waals surface area contributed by atoms with Gasteiger partial charge in [0.1, 0.15) is 11.9 Å². The quantitative estimate of drug-likeness (QED) is 0.664. The van der Waals surface area contributed by atoms with Gasteiger partial charge in [-0.05, 0) is 61.2 Å². The summed E-state index contributed by atoms with van der Waals surface area (Å²) in [6.45, 7) is 3.60. The Labute approximate surface area is 181 Å². The summed E-state index contributed by atoms with van der Waals surface area (Å²) < 4.78 is 42.1. The molecule has 7 heteroatoms. The highest BCUT2D eigenvalue weighted by Crippen LogP contribution is 2.30. The largest absolute Gasteiger partial charge is 0.325 e. The van der Waals surface area contributed by atoms with Crippen molar-refractivity contribution in [2.45, 2.75) is 37.8 Å². The number of aryl methyl sites for hydroxylation is 2. The zero-order chi connectivity index (χ0) is 22.2. The van der Waals surface area contributed by atoms with Crippen molar-refractivity contribution in [3.8, 4) is 0 Å². The minimum atomic E-state index is -3.92. The summed E-state index contributed by atoms with van der Waals surface area (Å²) in [6.07, 6.45) is 0.238. The second-order valence-corrected chi connectivity index (χ2v) is 9.70. The number of sulfonamides is 1. The van der Waals surface area contributed by atoms with Crippen LogP contribution in [-0.4, -0.2) is 24.7 Å². The molecular weight excluding hydrogens is 415 g/mol. The van der Waals surface area contributed by atoms with Crippen LogP contribution in [0.25, 0.3) is 0 Å². The lowest BCUT2D eigenvalue weighted by Gasteiger charge is -2.35. The van der Waals surface area contributed by atoms with E-state index in [2.05, 4.69) is 5.32 Å². The van der Waals surface area contributed by atoms with E-state index in [1.165, 1.54) is 10.4 Å². The first kappa shape index (κ1) is 21.2. The molecule has 0 spiro atoms. The second-order valence-electron chi connectivity index (χ2n) is 7.81.